The second kappa shape index (κ2) is 13.7. The fourth-order valence-corrected chi connectivity index (χ4v) is 4.18. The molecule has 2 N–H and O–H groups in total. The molecule has 3 fully saturated rings. The number of pyridine rings is 1. The molecule has 0 radical (unpaired) electrons. The number of carbonyl (C=O) groups is 3. The Balaban J connectivity index is 0.000000301. The van der Waals surface area contributed by atoms with E-state index in [1.165, 1.54) is 5.56 Å². The Morgan fingerprint density at radius 3 is 1.97 bits per heavy atom. The van der Waals surface area contributed by atoms with E-state index in [2.05, 4.69) is 22.0 Å². The molecule has 1 aromatic rings. The maximum Gasteiger partial charge on any atom is 0.490 e. The van der Waals surface area contributed by atoms with Crippen LogP contribution in [0, 0.1) is 5.92 Å². The molecule has 0 aromatic carbocycles. The number of likely N-dealkylation sites (tertiary alicyclic amines) is 1. The van der Waals surface area contributed by atoms with Gasteiger partial charge in [0, 0.05) is 51.2 Å². The summed E-state index contributed by atoms with van der Waals surface area (Å²) in [6.07, 6.45) is -4.39. The van der Waals surface area contributed by atoms with Gasteiger partial charge in [-0.3, -0.25) is 14.7 Å². The first-order chi connectivity index (χ1) is 17.7. The lowest BCUT2D eigenvalue weighted by molar-refractivity contribution is -0.193. The number of piperidine rings is 1. The zero-order chi connectivity index (χ0) is 28.5. The minimum atomic E-state index is -5.08. The first-order valence-corrected chi connectivity index (χ1v) is 11.4. The molecule has 38 heavy (non-hydrogen) atoms. The summed E-state index contributed by atoms with van der Waals surface area (Å²) in [4.78, 5) is 39.2. The number of ether oxygens (including phenoxy) is 2. The highest BCUT2D eigenvalue weighted by molar-refractivity contribution is 5.79. The van der Waals surface area contributed by atoms with E-state index in [9.17, 15) is 31.1 Å². The van der Waals surface area contributed by atoms with E-state index in [1.54, 1.807) is 0 Å². The number of rotatable bonds is 3. The van der Waals surface area contributed by atoms with Crippen LogP contribution in [0.5, 0.6) is 0 Å². The smallest absolute Gasteiger partial charge is 0.475 e. The number of hydrogen-bond acceptors (Lipinski definition) is 7. The summed E-state index contributed by atoms with van der Waals surface area (Å²) < 4.78 is 74.8. The second-order valence-electron chi connectivity index (χ2n) is 8.53. The van der Waals surface area contributed by atoms with Crippen molar-refractivity contribution in [1.29, 1.82) is 0 Å². The molecule has 3 aliphatic rings. The summed E-state index contributed by atoms with van der Waals surface area (Å²) in [6.45, 7) is 5.23. The Hall–Kier alpha value is -2.98. The Bertz CT molecular complexity index is 902. The minimum absolute atomic E-state index is 0.0317. The molecule has 0 bridgehead atoms. The van der Waals surface area contributed by atoms with E-state index in [1.807, 2.05) is 17.3 Å². The van der Waals surface area contributed by atoms with Crippen LogP contribution in [0.3, 0.4) is 0 Å². The molecule has 214 valence electrons. The van der Waals surface area contributed by atoms with Gasteiger partial charge >= 0.3 is 24.3 Å². The third-order valence-corrected chi connectivity index (χ3v) is 5.91. The summed E-state index contributed by atoms with van der Waals surface area (Å²) in [7, 11) is 0. The normalized spacial score (nSPS) is 23.7. The number of carboxylic acid groups (broad SMARTS) is 2. The lowest BCUT2D eigenvalue weighted by Gasteiger charge is -2.42. The quantitative estimate of drug-likeness (QED) is 0.536. The Morgan fingerprint density at radius 1 is 0.947 bits per heavy atom. The second-order valence-corrected chi connectivity index (χ2v) is 8.53. The molecule has 0 saturated carbocycles. The third kappa shape index (κ3) is 9.72. The van der Waals surface area contributed by atoms with Gasteiger partial charge in [-0.1, -0.05) is 0 Å². The van der Waals surface area contributed by atoms with Crippen LogP contribution in [0.4, 0.5) is 26.3 Å². The van der Waals surface area contributed by atoms with Crippen LogP contribution in [0.2, 0.25) is 0 Å². The Kier molecular flexibility index (Phi) is 11.3. The maximum atomic E-state index is 12.9. The molecule has 4 rings (SSSR count). The average molecular weight is 559 g/mol. The Labute approximate surface area is 213 Å². The van der Waals surface area contributed by atoms with Gasteiger partial charge in [-0.2, -0.15) is 26.3 Å². The molecule has 1 amide bonds. The van der Waals surface area contributed by atoms with Gasteiger partial charge in [0.05, 0.1) is 25.2 Å². The number of aromatic nitrogens is 1. The van der Waals surface area contributed by atoms with E-state index in [4.69, 9.17) is 29.3 Å². The van der Waals surface area contributed by atoms with Gasteiger partial charge < -0.3 is 24.6 Å². The van der Waals surface area contributed by atoms with Crippen LogP contribution in [0.1, 0.15) is 18.4 Å². The summed E-state index contributed by atoms with van der Waals surface area (Å²) in [5, 5.41) is 14.2. The van der Waals surface area contributed by atoms with Crippen molar-refractivity contribution < 1.29 is 60.4 Å². The molecular weight excluding hydrogens is 532 g/mol. The number of carbonyl (C=O) groups excluding carboxylic acids is 1. The van der Waals surface area contributed by atoms with Crippen molar-refractivity contribution in [3.05, 3.63) is 30.1 Å². The van der Waals surface area contributed by atoms with E-state index in [0.29, 0.717) is 32.3 Å². The molecule has 3 saturated heterocycles. The number of carboxylic acids is 2. The van der Waals surface area contributed by atoms with E-state index >= 15 is 0 Å². The van der Waals surface area contributed by atoms with Gasteiger partial charge in [0.15, 0.2) is 0 Å². The van der Waals surface area contributed by atoms with Crippen molar-refractivity contribution in [1.82, 2.24) is 14.8 Å². The molecular formula is C22H27F6N3O7. The van der Waals surface area contributed by atoms with E-state index < -0.39 is 24.3 Å². The molecule has 4 heterocycles. The number of aliphatic carboxylic acids is 2. The van der Waals surface area contributed by atoms with Gasteiger partial charge in [0.1, 0.15) is 0 Å². The van der Waals surface area contributed by atoms with Crippen LogP contribution < -0.4 is 0 Å². The zero-order valence-corrected chi connectivity index (χ0v) is 20.0. The first-order valence-electron chi connectivity index (χ1n) is 11.4. The largest absolute Gasteiger partial charge is 0.490 e. The van der Waals surface area contributed by atoms with Crippen molar-refractivity contribution in [2.75, 3.05) is 39.5 Å². The van der Waals surface area contributed by atoms with Gasteiger partial charge in [-0.25, -0.2) is 9.59 Å². The first kappa shape index (κ1) is 31.2. The lowest BCUT2D eigenvalue weighted by Crippen LogP contribution is -2.54. The highest BCUT2D eigenvalue weighted by Gasteiger charge is 2.43. The number of fused-ring (bicyclic) bond motifs is 1. The van der Waals surface area contributed by atoms with Gasteiger partial charge in [-0.15, -0.1) is 0 Å². The SMILES string of the molecule is O=C(O)C(F)(F)F.O=C(O)C(F)(F)F.O=C([C@H]1C[C@H]2OCC[C@H]2N(Cc2ccncc2)C1)N1CCOCC1. The summed E-state index contributed by atoms with van der Waals surface area (Å²) in [5.41, 5.74) is 1.25. The standard InChI is InChI=1S/C18H25N3O3.2C2HF3O2/c22-18(20-6-9-23-10-7-20)15-11-17-16(3-8-24-17)21(13-15)12-14-1-4-19-5-2-14;2*3-2(4,5)1(6)7/h1-2,4-5,15-17H,3,6-13H2;2*(H,6,7)/t15-,16+,17+;;/m0../s1. The number of halogens is 6. The summed E-state index contributed by atoms with van der Waals surface area (Å²) in [5.74, 6) is -5.21. The molecule has 3 atom stereocenters. The molecule has 16 heteroatoms. The van der Waals surface area contributed by atoms with Crippen molar-refractivity contribution in [3.8, 4) is 0 Å². The number of nitrogens with zero attached hydrogens (tertiary/aromatic N) is 3. The summed E-state index contributed by atoms with van der Waals surface area (Å²) in [6, 6.07) is 4.54. The minimum Gasteiger partial charge on any atom is -0.475 e. The zero-order valence-electron chi connectivity index (χ0n) is 20.0. The van der Waals surface area contributed by atoms with Crippen molar-refractivity contribution in [2.45, 2.75) is 43.9 Å². The molecule has 0 aliphatic carbocycles. The van der Waals surface area contributed by atoms with Gasteiger partial charge in [-0.05, 0) is 30.5 Å². The fraction of sp³-hybridized carbons (Fsp3) is 0.636. The van der Waals surface area contributed by atoms with Crippen molar-refractivity contribution in [2.24, 2.45) is 5.92 Å². The molecule has 1 aromatic heterocycles. The lowest BCUT2D eigenvalue weighted by atomic mass is 9.88. The van der Waals surface area contributed by atoms with Crippen molar-refractivity contribution >= 4 is 17.8 Å². The topological polar surface area (TPSA) is 129 Å². The van der Waals surface area contributed by atoms with E-state index in [0.717, 1.165) is 32.5 Å². The monoisotopic (exact) mass is 559 g/mol. The maximum absolute atomic E-state index is 12.9. The van der Waals surface area contributed by atoms with E-state index in [-0.39, 0.29) is 17.9 Å². The molecule has 10 nitrogen and oxygen atoms in total. The Morgan fingerprint density at radius 2 is 1.47 bits per heavy atom. The van der Waals surface area contributed by atoms with Crippen LogP contribution in [-0.4, -0.2) is 107 Å². The van der Waals surface area contributed by atoms with Crippen LogP contribution in [-0.2, 0) is 30.4 Å². The predicted molar refractivity (Wildman–Crippen MR) is 116 cm³/mol. The molecule has 0 spiro atoms. The summed E-state index contributed by atoms with van der Waals surface area (Å²) >= 11 is 0. The van der Waals surface area contributed by atoms with Gasteiger partial charge in [0.25, 0.3) is 0 Å². The third-order valence-electron chi connectivity index (χ3n) is 5.91. The number of alkyl halides is 6. The van der Waals surface area contributed by atoms with Crippen LogP contribution in [0.25, 0.3) is 0 Å². The van der Waals surface area contributed by atoms with Gasteiger partial charge in [0.2, 0.25) is 5.91 Å². The fourth-order valence-electron chi connectivity index (χ4n) is 4.18. The van der Waals surface area contributed by atoms with Crippen molar-refractivity contribution in [3.63, 3.8) is 0 Å². The number of amides is 1. The molecule has 0 unspecified atom stereocenters. The predicted octanol–water partition coefficient (Wildman–Crippen LogP) is 2.19. The number of morpholine rings is 1. The van der Waals surface area contributed by atoms with Crippen LogP contribution in [0.15, 0.2) is 24.5 Å². The molecule has 3 aliphatic heterocycles. The highest BCUT2D eigenvalue weighted by Crippen LogP contribution is 2.33. The average Bonchev–Trinajstić information content (AvgIpc) is 3.33. The highest BCUT2D eigenvalue weighted by atomic mass is 19.4. The number of hydrogen-bond donors (Lipinski definition) is 2. The van der Waals surface area contributed by atoms with Crippen LogP contribution >= 0.6 is 0 Å².